The zero-order valence-corrected chi connectivity index (χ0v) is 12.5. The molecule has 1 aliphatic carbocycles. The molecule has 0 spiro atoms. The van der Waals surface area contributed by atoms with Crippen LogP contribution in [0, 0.1) is 0 Å². The predicted molar refractivity (Wildman–Crippen MR) is 85.3 cm³/mol. The van der Waals surface area contributed by atoms with Crippen LogP contribution >= 0.6 is 23.4 Å². The highest BCUT2D eigenvalue weighted by Gasteiger charge is 2.24. The highest BCUT2D eigenvalue weighted by Crippen LogP contribution is 2.32. The largest absolute Gasteiger partial charge is 0.382 e. The second kappa shape index (κ2) is 5.59. The van der Waals surface area contributed by atoms with Gasteiger partial charge in [0.25, 0.3) is 0 Å². The quantitative estimate of drug-likeness (QED) is 0.896. The van der Waals surface area contributed by atoms with E-state index in [2.05, 4.69) is 22.6 Å². The summed E-state index contributed by atoms with van der Waals surface area (Å²) in [6.07, 6.45) is 7.87. The minimum absolute atomic E-state index is 0.582. The van der Waals surface area contributed by atoms with Crippen molar-refractivity contribution in [3.8, 4) is 0 Å². The van der Waals surface area contributed by atoms with Crippen molar-refractivity contribution in [2.75, 3.05) is 11.6 Å². The van der Waals surface area contributed by atoms with E-state index in [-0.39, 0.29) is 0 Å². The Morgan fingerprint density at radius 3 is 3.00 bits per heavy atom. The van der Waals surface area contributed by atoms with Gasteiger partial charge in [-0.25, -0.2) is 0 Å². The SMILES string of the molecule is CSC1CCC(Nc2ccnc3cc(Cl)ccc23)C1. The summed E-state index contributed by atoms with van der Waals surface area (Å²) >= 11 is 8.00. The third-order valence-electron chi connectivity index (χ3n) is 3.78. The normalized spacial score (nSPS) is 22.8. The van der Waals surface area contributed by atoms with Gasteiger partial charge in [0.2, 0.25) is 0 Å². The molecule has 1 aromatic heterocycles. The molecule has 19 heavy (non-hydrogen) atoms. The van der Waals surface area contributed by atoms with Crippen LogP contribution in [0.1, 0.15) is 19.3 Å². The number of anilines is 1. The molecule has 1 aromatic carbocycles. The van der Waals surface area contributed by atoms with E-state index >= 15 is 0 Å². The van der Waals surface area contributed by atoms with E-state index in [0.29, 0.717) is 6.04 Å². The van der Waals surface area contributed by atoms with Crippen molar-refractivity contribution in [3.63, 3.8) is 0 Å². The monoisotopic (exact) mass is 292 g/mol. The van der Waals surface area contributed by atoms with Gasteiger partial charge in [0.05, 0.1) is 5.52 Å². The van der Waals surface area contributed by atoms with E-state index in [1.807, 2.05) is 36.2 Å². The molecule has 3 rings (SSSR count). The van der Waals surface area contributed by atoms with Crippen molar-refractivity contribution in [2.45, 2.75) is 30.6 Å². The Morgan fingerprint density at radius 1 is 1.32 bits per heavy atom. The number of aromatic nitrogens is 1. The van der Waals surface area contributed by atoms with E-state index in [1.165, 1.54) is 24.9 Å². The smallest absolute Gasteiger partial charge is 0.0737 e. The van der Waals surface area contributed by atoms with Crippen molar-refractivity contribution in [1.29, 1.82) is 0 Å². The molecule has 2 aromatic rings. The standard InChI is InChI=1S/C15H17ClN2S/c1-19-12-4-3-11(9-12)18-14-6-7-17-15-8-10(16)2-5-13(14)15/h2,5-8,11-12H,3-4,9H2,1H3,(H,17,18). The second-order valence-corrected chi connectivity index (χ2v) is 6.61. The first-order chi connectivity index (χ1) is 9.26. The number of nitrogens with one attached hydrogen (secondary N) is 1. The maximum atomic E-state index is 6.02. The lowest BCUT2D eigenvalue weighted by Gasteiger charge is -2.16. The summed E-state index contributed by atoms with van der Waals surface area (Å²) in [5.74, 6) is 0. The molecular formula is C15H17ClN2S. The van der Waals surface area contributed by atoms with Gasteiger partial charge < -0.3 is 5.32 Å². The Morgan fingerprint density at radius 2 is 2.21 bits per heavy atom. The van der Waals surface area contributed by atoms with Crippen LogP contribution in [0.2, 0.25) is 5.02 Å². The van der Waals surface area contributed by atoms with Crippen LogP contribution < -0.4 is 5.32 Å². The Balaban J connectivity index is 1.85. The van der Waals surface area contributed by atoms with Gasteiger partial charge >= 0.3 is 0 Å². The lowest BCUT2D eigenvalue weighted by Crippen LogP contribution is -2.16. The summed E-state index contributed by atoms with van der Waals surface area (Å²) in [7, 11) is 0. The van der Waals surface area contributed by atoms with Crippen LogP contribution in [0.25, 0.3) is 10.9 Å². The fourth-order valence-corrected chi connectivity index (χ4v) is 3.72. The van der Waals surface area contributed by atoms with Crippen molar-refractivity contribution in [1.82, 2.24) is 4.98 Å². The average Bonchev–Trinajstić information content (AvgIpc) is 2.86. The zero-order valence-electron chi connectivity index (χ0n) is 10.9. The summed E-state index contributed by atoms with van der Waals surface area (Å²) in [6.45, 7) is 0. The number of halogens is 1. The molecule has 0 saturated heterocycles. The van der Waals surface area contributed by atoms with Gasteiger partial charge in [0.1, 0.15) is 0 Å². The molecule has 0 bridgehead atoms. The van der Waals surface area contributed by atoms with Crippen LogP contribution in [-0.4, -0.2) is 22.5 Å². The van der Waals surface area contributed by atoms with Gasteiger partial charge in [-0.15, -0.1) is 0 Å². The van der Waals surface area contributed by atoms with Crippen LogP contribution in [0.15, 0.2) is 30.5 Å². The molecule has 1 fully saturated rings. The van der Waals surface area contributed by atoms with Gasteiger partial charge in [-0.1, -0.05) is 11.6 Å². The molecule has 2 unspecified atom stereocenters. The second-order valence-electron chi connectivity index (χ2n) is 5.03. The number of benzene rings is 1. The maximum absolute atomic E-state index is 6.02. The summed E-state index contributed by atoms with van der Waals surface area (Å²) in [5.41, 5.74) is 2.13. The summed E-state index contributed by atoms with van der Waals surface area (Å²) in [5, 5.41) is 6.37. The molecule has 1 heterocycles. The van der Waals surface area contributed by atoms with Crippen LogP contribution in [-0.2, 0) is 0 Å². The highest BCUT2D eigenvalue weighted by atomic mass is 35.5. The molecule has 1 aliphatic rings. The highest BCUT2D eigenvalue weighted by molar-refractivity contribution is 7.99. The van der Waals surface area contributed by atoms with E-state index < -0.39 is 0 Å². The molecule has 0 radical (unpaired) electrons. The van der Waals surface area contributed by atoms with Gasteiger partial charge in [0, 0.05) is 33.6 Å². The molecule has 4 heteroatoms. The number of thioether (sulfide) groups is 1. The van der Waals surface area contributed by atoms with E-state index in [9.17, 15) is 0 Å². The summed E-state index contributed by atoms with van der Waals surface area (Å²) in [6, 6.07) is 8.53. The van der Waals surface area contributed by atoms with Crippen molar-refractivity contribution in [3.05, 3.63) is 35.5 Å². The van der Waals surface area contributed by atoms with Gasteiger partial charge in [-0.3, -0.25) is 4.98 Å². The van der Waals surface area contributed by atoms with Crippen molar-refractivity contribution >= 4 is 40.0 Å². The van der Waals surface area contributed by atoms with Gasteiger partial charge in [-0.05, 0) is 49.8 Å². The molecule has 2 atom stereocenters. The first-order valence-corrected chi connectivity index (χ1v) is 8.26. The average molecular weight is 293 g/mol. The molecule has 2 nitrogen and oxygen atoms in total. The van der Waals surface area contributed by atoms with Crippen molar-refractivity contribution in [2.24, 2.45) is 0 Å². The number of nitrogens with zero attached hydrogens (tertiary/aromatic N) is 1. The predicted octanol–water partition coefficient (Wildman–Crippen LogP) is 4.58. The Labute approximate surface area is 122 Å². The fourth-order valence-electron chi connectivity index (χ4n) is 2.75. The van der Waals surface area contributed by atoms with E-state index in [0.717, 1.165) is 21.2 Å². The summed E-state index contributed by atoms with van der Waals surface area (Å²) < 4.78 is 0. The summed E-state index contributed by atoms with van der Waals surface area (Å²) in [4.78, 5) is 4.38. The lowest BCUT2D eigenvalue weighted by molar-refractivity contribution is 0.758. The van der Waals surface area contributed by atoms with E-state index in [1.54, 1.807) is 0 Å². The fraction of sp³-hybridized carbons (Fsp3) is 0.400. The molecule has 1 N–H and O–H groups in total. The Hall–Kier alpha value is -0.930. The maximum Gasteiger partial charge on any atom is 0.0737 e. The van der Waals surface area contributed by atoms with Crippen LogP contribution in [0.4, 0.5) is 5.69 Å². The minimum atomic E-state index is 0.582. The van der Waals surface area contributed by atoms with Crippen LogP contribution in [0.3, 0.4) is 0 Å². The molecule has 0 aliphatic heterocycles. The molecular weight excluding hydrogens is 276 g/mol. The Bertz CT molecular complexity index is 587. The van der Waals surface area contributed by atoms with Gasteiger partial charge in [0.15, 0.2) is 0 Å². The third kappa shape index (κ3) is 2.82. The first-order valence-electron chi connectivity index (χ1n) is 6.60. The number of hydrogen-bond donors (Lipinski definition) is 1. The van der Waals surface area contributed by atoms with Crippen LogP contribution in [0.5, 0.6) is 0 Å². The molecule has 1 saturated carbocycles. The lowest BCUT2D eigenvalue weighted by atomic mass is 10.1. The number of rotatable bonds is 3. The number of hydrogen-bond acceptors (Lipinski definition) is 3. The minimum Gasteiger partial charge on any atom is -0.382 e. The molecule has 100 valence electrons. The first kappa shape index (κ1) is 13.1. The van der Waals surface area contributed by atoms with E-state index in [4.69, 9.17) is 11.6 Å². The number of pyridine rings is 1. The third-order valence-corrected chi connectivity index (χ3v) is 5.11. The van der Waals surface area contributed by atoms with Crippen molar-refractivity contribution < 1.29 is 0 Å². The van der Waals surface area contributed by atoms with Gasteiger partial charge in [-0.2, -0.15) is 11.8 Å². The molecule has 0 amide bonds. The number of fused-ring (bicyclic) bond motifs is 1. The Kier molecular flexibility index (Phi) is 3.85. The zero-order chi connectivity index (χ0) is 13.2. The topological polar surface area (TPSA) is 24.9 Å².